The van der Waals surface area contributed by atoms with Crippen LogP contribution in [0.1, 0.15) is 26.7 Å². The van der Waals surface area contributed by atoms with Crippen LogP contribution in [0.5, 0.6) is 0 Å². The highest BCUT2D eigenvalue weighted by Crippen LogP contribution is 2.05. The Kier molecular flexibility index (Phi) is 4.84. The van der Waals surface area contributed by atoms with Gasteiger partial charge in [-0.15, -0.1) is 0 Å². The van der Waals surface area contributed by atoms with Crippen LogP contribution in [0.15, 0.2) is 12.2 Å². The minimum atomic E-state index is -0.310. The molecule has 0 aromatic rings. The van der Waals surface area contributed by atoms with Gasteiger partial charge < -0.3 is 0 Å². The Hall–Kier alpha value is -1.69. The summed E-state index contributed by atoms with van der Waals surface area (Å²) >= 11 is 0. The van der Waals surface area contributed by atoms with Crippen LogP contribution in [0.25, 0.3) is 0 Å². The standard InChI is InChI=1S/C11H17N3O3/c1-8(2)12-13-9(15)4-3-7-14-10(16)5-6-11(14)17/h5-6,8,12H,3-4,7H2,1-2H3,(H,13,15). The maximum absolute atomic E-state index is 11.3. The highest BCUT2D eigenvalue weighted by molar-refractivity contribution is 6.12. The summed E-state index contributed by atoms with van der Waals surface area (Å²) in [5.41, 5.74) is 5.32. The summed E-state index contributed by atoms with van der Waals surface area (Å²) in [5, 5.41) is 0. The van der Waals surface area contributed by atoms with Crippen molar-refractivity contribution in [3.05, 3.63) is 12.2 Å². The quantitative estimate of drug-likeness (QED) is 0.493. The van der Waals surface area contributed by atoms with Gasteiger partial charge in [-0.1, -0.05) is 0 Å². The maximum atomic E-state index is 11.3. The second-order valence-corrected chi connectivity index (χ2v) is 4.11. The number of hydrogen-bond donors (Lipinski definition) is 2. The first kappa shape index (κ1) is 13.4. The van der Waals surface area contributed by atoms with Gasteiger partial charge in [0.15, 0.2) is 0 Å². The molecule has 1 aliphatic heterocycles. The number of nitrogens with one attached hydrogen (secondary N) is 2. The van der Waals surface area contributed by atoms with E-state index in [0.717, 1.165) is 4.90 Å². The molecule has 0 saturated carbocycles. The number of hydrogen-bond acceptors (Lipinski definition) is 4. The van der Waals surface area contributed by atoms with Gasteiger partial charge in [-0.3, -0.25) is 24.7 Å². The van der Waals surface area contributed by atoms with Crippen molar-refractivity contribution < 1.29 is 14.4 Å². The van der Waals surface area contributed by atoms with Crippen molar-refractivity contribution in [3.63, 3.8) is 0 Å². The van der Waals surface area contributed by atoms with Gasteiger partial charge in [0.05, 0.1) is 0 Å². The molecule has 17 heavy (non-hydrogen) atoms. The summed E-state index contributed by atoms with van der Waals surface area (Å²) in [6.07, 6.45) is 3.22. The molecule has 1 rings (SSSR count). The molecule has 1 aliphatic rings. The van der Waals surface area contributed by atoms with Crippen molar-refractivity contribution in [1.29, 1.82) is 0 Å². The summed E-state index contributed by atoms with van der Waals surface area (Å²) in [4.78, 5) is 34.8. The fourth-order valence-electron chi connectivity index (χ4n) is 1.34. The number of rotatable bonds is 6. The lowest BCUT2D eigenvalue weighted by molar-refractivity contribution is -0.137. The molecule has 0 bridgehead atoms. The van der Waals surface area contributed by atoms with E-state index in [1.54, 1.807) is 0 Å². The molecule has 0 atom stereocenters. The molecule has 1 heterocycles. The first-order valence-corrected chi connectivity index (χ1v) is 5.58. The Morgan fingerprint density at radius 1 is 1.29 bits per heavy atom. The predicted molar refractivity (Wildman–Crippen MR) is 61.5 cm³/mol. The van der Waals surface area contributed by atoms with Crippen molar-refractivity contribution in [2.24, 2.45) is 0 Å². The van der Waals surface area contributed by atoms with E-state index in [9.17, 15) is 14.4 Å². The SMILES string of the molecule is CC(C)NNC(=O)CCCN1C(=O)C=CC1=O. The first-order valence-electron chi connectivity index (χ1n) is 5.58. The molecule has 0 aromatic heterocycles. The average Bonchev–Trinajstić information content (AvgIpc) is 2.57. The molecule has 0 saturated heterocycles. The summed E-state index contributed by atoms with van der Waals surface area (Å²) in [6.45, 7) is 4.10. The van der Waals surface area contributed by atoms with E-state index >= 15 is 0 Å². The second kappa shape index (κ2) is 6.15. The Morgan fingerprint density at radius 3 is 2.41 bits per heavy atom. The van der Waals surface area contributed by atoms with Crippen LogP contribution in [-0.4, -0.2) is 35.2 Å². The average molecular weight is 239 g/mol. The smallest absolute Gasteiger partial charge is 0.253 e. The zero-order chi connectivity index (χ0) is 12.8. The number of amides is 3. The van der Waals surface area contributed by atoms with Crippen molar-refractivity contribution in [2.45, 2.75) is 32.7 Å². The van der Waals surface area contributed by atoms with Crippen LogP contribution >= 0.6 is 0 Å². The Labute approximate surface area is 100 Å². The number of imide groups is 1. The Morgan fingerprint density at radius 2 is 1.88 bits per heavy atom. The van der Waals surface area contributed by atoms with Gasteiger partial charge in [0.25, 0.3) is 11.8 Å². The lowest BCUT2D eigenvalue weighted by atomic mass is 10.3. The van der Waals surface area contributed by atoms with E-state index < -0.39 is 0 Å². The van der Waals surface area contributed by atoms with E-state index in [0.29, 0.717) is 6.42 Å². The van der Waals surface area contributed by atoms with E-state index in [4.69, 9.17) is 0 Å². The van der Waals surface area contributed by atoms with Gasteiger partial charge in [-0.2, -0.15) is 0 Å². The minimum Gasteiger partial charge on any atom is -0.291 e. The lowest BCUT2D eigenvalue weighted by Gasteiger charge is -2.13. The third-order valence-corrected chi connectivity index (χ3v) is 2.19. The van der Waals surface area contributed by atoms with E-state index in [-0.39, 0.29) is 36.7 Å². The van der Waals surface area contributed by atoms with Crippen LogP contribution in [-0.2, 0) is 14.4 Å². The lowest BCUT2D eigenvalue weighted by Crippen LogP contribution is -2.42. The minimum absolute atomic E-state index is 0.147. The molecule has 0 fully saturated rings. The van der Waals surface area contributed by atoms with Crippen molar-refractivity contribution in [3.8, 4) is 0 Å². The highest BCUT2D eigenvalue weighted by Gasteiger charge is 2.22. The molecule has 0 radical (unpaired) electrons. The van der Waals surface area contributed by atoms with E-state index in [2.05, 4.69) is 10.9 Å². The van der Waals surface area contributed by atoms with Crippen LogP contribution in [0.4, 0.5) is 0 Å². The highest BCUT2D eigenvalue weighted by atomic mass is 16.2. The van der Waals surface area contributed by atoms with Gasteiger partial charge in [0.1, 0.15) is 0 Å². The fraction of sp³-hybridized carbons (Fsp3) is 0.545. The van der Waals surface area contributed by atoms with Gasteiger partial charge in [-0.25, -0.2) is 5.43 Å². The molecular weight excluding hydrogens is 222 g/mol. The number of nitrogens with zero attached hydrogens (tertiary/aromatic N) is 1. The van der Waals surface area contributed by atoms with Crippen molar-refractivity contribution >= 4 is 17.7 Å². The molecule has 3 amide bonds. The fourth-order valence-corrected chi connectivity index (χ4v) is 1.34. The third kappa shape index (κ3) is 4.36. The van der Waals surface area contributed by atoms with Crippen LogP contribution in [0.2, 0.25) is 0 Å². The molecular formula is C11H17N3O3. The molecule has 0 spiro atoms. The van der Waals surface area contributed by atoms with Gasteiger partial charge in [0.2, 0.25) is 5.91 Å². The predicted octanol–water partition coefficient (Wildman–Crippen LogP) is -0.279. The van der Waals surface area contributed by atoms with Crippen molar-refractivity contribution in [1.82, 2.24) is 15.8 Å². The molecule has 6 heteroatoms. The molecule has 94 valence electrons. The number of carbonyl (C=O) groups excluding carboxylic acids is 3. The van der Waals surface area contributed by atoms with Crippen LogP contribution < -0.4 is 10.9 Å². The molecule has 0 unspecified atom stereocenters. The van der Waals surface area contributed by atoms with E-state index in [1.165, 1.54) is 12.2 Å². The Bertz CT molecular complexity index is 332. The molecule has 0 aromatic carbocycles. The topological polar surface area (TPSA) is 78.5 Å². The molecule has 2 N–H and O–H groups in total. The second-order valence-electron chi connectivity index (χ2n) is 4.11. The van der Waals surface area contributed by atoms with Crippen molar-refractivity contribution in [2.75, 3.05) is 6.54 Å². The zero-order valence-corrected chi connectivity index (χ0v) is 10.0. The number of carbonyl (C=O) groups is 3. The molecule has 0 aliphatic carbocycles. The zero-order valence-electron chi connectivity index (χ0n) is 10.0. The monoisotopic (exact) mass is 239 g/mol. The normalized spacial score (nSPS) is 14.9. The van der Waals surface area contributed by atoms with Gasteiger partial charge in [0, 0.05) is 31.2 Å². The molecule has 6 nitrogen and oxygen atoms in total. The van der Waals surface area contributed by atoms with E-state index in [1.807, 2.05) is 13.8 Å². The Balaban J connectivity index is 2.18. The van der Waals surface area contributed by atoms with Crippen LogP contribution in [0.3, 0.4) is 0 Å². The first-order chi connectivity index (χ1) is 8.00. The maximum Gasteiger partial charge on any atom is 0.253 e. The third-order valence-electron chi connectivity index (χ3n) is 2.19. The summed E-state index contributed by atoms with van der Waals surface area (Å²) in [5.74, 6) is -0.766. The largest absolute Gasteiger partial charge is 0.291 e. The van der Waals surface area contributed by atoms with Crippen LogP contribution in [0, 0.1) is 0 Å². The van der Waals surface area contributed by atoms with Gasteiger partial charge in [-0.05, 0) is 20.3 Å². The summed E-state index contributed by atoms with van der Waals surface area (Å²) in [7, 11) is 0. The van der Waals surface area contributed by atoms with Gasteiger partial charge >= 0.3 is 0 Å². The summed E-state index contributed by atoms with van der Waals surface area (Å²) in [6, 6.07) is 0.171. The number of hydrazine groups is 1. The summed E-state index contributed by atoms with van der Waals surface area (Å²) < 4.78 is 0.